The molecule has 110 valence electrons. The largest absolute Gasteiger partial charge is 0.395 e. The Labute approximate surface area is 113 Å². The van der Waals surface area contributed by atoms with Crippen LogP contribution in [0.2, 0.25) is 0 Å². The number of nitrogens with zero attached hydrogens (tertiary/aromatic N) is 3. The summed E-state index contributed by atoms with van der Waals surface area (Å²) in [5.41, 5.74) is 6.06. The van der Waals surface area contributed by atoms with Gasteiger partial charge in [0, 0.05) is 6.54 Å². The second-order valence-electron chi connectivity index (χ2n) is 5.11. The zero-order valence-corrected chi connectivity index (χ0v) is 11.2. The van der Waals surface area contributed by atoms with Crippen molar-refractivity contribution in [3.05, 3.63) is 0 Å². The van der Waals surface area contributed by atoms with Crippen LogP contribution in [0.5, 0.6) is 0 Å². The third kappa shape index (κ3) is 2.90. The minimum absolute atomic E-state index is 0.0354. The molecule has 7 heteroatoms. The molecule has 7 nitrogen and oxygen atoms in total. The van der Waals surface area contributed by atoms with E-state index >= 15 is 0 Å². The summed E-state index contributed by atoms with van der Waals surface area (Å²) in [6.07, 6.45) is 3.26. The Morgan fingerprint density at radius 3 is 2.32 bits per heavy atom. The molecule has 0 aromatic carbocycles. The molecule has 0 bridgehead atoms. The maximum Gasteiger partial charge on any atom is 0.256 e. The SMILES string of the molecule is NC1C(=O)N(CCO)N(CCO)C1N1CCCCC1. The van der Waals surface area contributed by atoms with Gasteiger partial charge in [0.15, 0.2) is 0 Å². The molecule has 2 rings (SSSR count). The van der Waals surface area contributed by atoms with Gasteiger partial charge in [-0.1, -0.05) is 6.42 Å². The maximum absolute atomic E-state index is 12.2. The van der Waals surface area contributed by atoms with Gasteiger partial charge in [0.25, 0.3) is 5.91 Å². The number of hydrazine groups is 1. The lowest BCUT2D eigenvalue weighted by molar-refractivity contribution is -0.143. The van der Waals surface area contributed by atoms with E-state index in [2.05, 4.69) is 4.90 Å². The smallest absolute Gasteiger partial charge is 0.256 e. The van der Waals surface area contributed by atoms with Crippen LogP contribution in [0.25, 0.3) is 0 Å². The second-order valence-corrected chi connectivity index (χ2v) is 5.11. The molecule has 1 amide bonds. The molecule has 2 heterocycles. The van der Waals surface area contributed by atoms with E-state index < -0.39 is 6.04 Å². The van der Waals surface area contributed by atoms with E-state index in [1.807, 2.05) is 5.01 Å². The first-order valence-electron chi connectivity index (χ1n) is 7.00. The van der Waals surface area contributed by atoms with E-state index in [-0.39, 0.29) is 31.8 Å². The van der Waals surface area contributed by atoms with Crippen molar-refractivity contribution in [1.82, 2.24) is 14.9 Å². The van der Waals surface area contributed by atoms with Crippen LogP contribution >= 0.6 is 0 Å². The van der Waals surface area contributed by atoms with Crippen LogP contribution in [-0.4, -0.2) is 82.6 Å². The fourth-order valence-electron chi connectivity index (χ4n) is 3.04. The highest BCUT2D eigenvalue weighted by Gasteiger charge is 2.46. The molecular weight excluding hydrogens is 248 g/mol. The molecule has 2 saturated heterocycles. The van der Waals surface area contributed by atoms with E-state index in [9.17, 15) is 9.90 Å². The van der Waals surface area contributed by atoms with Crippen LogP contribution in [0, 0.1) is 0 Å². The van der Waals surface area contributed by atoms with E-state index in [0.29, 0.717) is 6.54 Å². The molecule has 0 aromatic rings. The zero-order valence-electron chi connectivity index (χ0n) is 11.2. The van der Waals surface area contributed by atoms with Gasteiger partial charge in [-0.05, 0) is 25.9 Å². The van der Waals surface area contributed by atoms with Gasteiger partial charge in [-0.25, -0.2) is 0 Å². The third-order valence-corrected chi connectivity index (χ3v) is 3.88. The topological polar surface area (TPSA) is 93.3 Å². The first-order chi connectivity index (χ1) is 9.20. The number of carbonyl (C=O) groups excluding carboxylic acids is 1. The fraction of sp³-hybridized carbons (Fsp3) is 0.917. The molecular formula is C12H24N4O3. The highest BCUT2D eigenvalue weighted by Crippen LogP contribution is 2.24. The molecule has 19 heavy (non-hydrogen) atoms. The van der Waals surface area contributed by atoms with Crippen molar-refractivity contribution < 1.29 is 15.0 Å². The Morgan fingerprint density at radius 1 is 1.11 bits per heavy atom. The van der Waals surface area contributed by atoms with Crippen molar-refractivity contribution in [2.45, 2.75) is 31.5 Å². The van der Waals surface area contributed by atoms with Gasteiger partial charge in [-0.2, -0.15) is 5.01 Å². The van der Waals surface area contributed by atoms with E-state index in [0.717, 1.165) is 25.9 Å². The summed E-state index contributed by atoms with van der Waals surface area (Å²) in [6.45, 7) is 2.32. The van der Waals surface area contributed by atoms with E-state index in [4.69, 9.17) is 10.8 Å². The number of β-amino-alcohol motifs (C(OH)–C–C–N with tert-alkyl or cyclic N) is 2. The van der Waals surface area contributed by atoms with Gasteiger partial charge in [0.2, 0.25) is 0 Å². The first-order valence-corrected chi connectivity index (χ1v) is 7.00. The quantitative estimate of drug-likeness (QED) is 0.545. The van der Waals surface area contributed by atoms with Crippen molar-refractivity contribution in [2.75, 3.05) is 39.4 Å². The molecule has 2 aliphatic rings. The van der Waals surface area contributed by atoms with Gasteiger partial charge < -0.3 is 15.9 Å². The van der Waals surface area contributed by atoms with Crippen molar-refractivity contribution in [3.8, 4) is 0 Å². The average Bonchev–Trinajstić information content (AvgIpc) is 2.66. The van der Waals surface area contributed by atoms with Crippen LogP contribution in [0.1, 0.15) is 19.3 Å². The lowest BCUT2D eigenvalue weighted by Gasteiger charge is -2.39. The van der Waals surface area contributed by atoms with Crippen LogP contribution in [0.3, 0.4) is 0 Å². The molecule has 0 spiro atoms. The summed E-state index contributed by atoms with van der Waals surface area (Å²) in [6, 6.07) is -0.601. The number of hydrogen-bond donors (Lipinski definition) is 3. The first kappa shape index (κ1) is 14.7. The van der Waals surface area contributed by atoms with E-state index in [1.165, 1.54) is 11.4 Å². The molecule has 2 atom stereocenters. The Morgan fingerprint density at radius 2 is 1.74 bits per heavy atom. The van der Waals surface area contributed by atoms with Crippen LogP contribution < -0.4 is 5.73 Å². The number of amides is 1. The fourth-order valence-corrected chi connectivity index (χ4v) is 3.04. The summed E-state index contributed by atoms with van der Waals surface area (Å²) in [5.74, 6) is -0.168. The van der Waals surface area contributed by atoms with E-state index in [1.54, 1.807) is 0 Å². The molecule has 0 radical (unpaired) electrons. The second kappa shape index (κ2) is 6.62. The van der Waals surface area contributed by atoms with Crippen molar-refractivity contribution >= 4 is 5.91 Å². The number of aliphatic hydroxyl groups is 2. The number of nitrogens with two attached hydrogens (primary N) is 1. The monoisotopic (exact) mass is 272 g/mol. The summed E-state index contributed by atoms with van der Waals surface area (Å²) in [5, 5.41) is 21.6. The summed E-state index contributed by atoms with van der Waals surface area (Å²) < 4.78 is 0. The van der Waals surface area contributed by atoms with Gasteiger partial charge >= 0.3 is 0 Å². The van der Waals surface area contributed by atoms with Crippen LogP contribution in [-0.2, 0) is 4.79 Å². The molecule has 0 aromatic heterocycles. The van der Waals surface area contributed by atoms with Crippen molar-refractivity contribution in [2.24, 2.45) is 5.73 Å². The number of aliphatic hydroxyl groups excluding tert-OH is 2. The molecule has 0 saturated carbocycles. The standard InChI is InChI=1S/C12H24N4O3/c13-10-11(14-4-2-1-3-5-14)15(6-8-17)16(7-9-18)12(10)19/h10-11,17-18H,1-9,13H2. The Kier molecular flexibility index (Phi) is 5.12. The molecule has 2 aliphatic heterocycles. The van der Waals surface area contributed by atoms with Crippen LogP contribution in [0.4, 0.5) is 0 Å². The van der Waals surface area contributed by atoms with Gasteiger partial charge in [0.05, 0.1) is 19.8 Å². The van der Waals surface area contributed by atoms with Gasteiger partial charge in [-0.3, -0.25) is 14.7 Å². The summed E-state index contributed by atoms with van der Waals surface area (Å²) in [4.78, 5) is 14.4. The minimum atomic E-state index is -0.601. The highest BCUT2D eigenvalue weighted by molar-refractivity contribution is 5.84. The predicted molar refractivity (Wildman–Crippen MR) is 69.8 cm³/mol. The molecule has 2 unspecified atom stereocenters. The lowest BCUT2D eigenvalue weighted by Crippen LogP contribution is -2.56. The molecule has 2 fully saturated rings. The minimum Gasteiger partial charge on any atom is -0.395 e. The number of rotatable bonds is 5. The lowest BCUT2D eigenvalue weighted by atomic mass is 10.1. The maximum atomic E-state index is 12.2. The predicted octanol–water partition coefficient (Wildman–Crippen LogP) is -1.83. The summed E-state index contributed by atoms with van der Waals surface area (Å²) >= 11 is 0. The highest BCUT2D eigenvalue weighted by atomic mass is 16.3. The number of piperidine rings is 1. The summed E-state index contributed by atoms with van der Waals surface area (Å²) in [7, 11) is 0. The van der Waals surface area contributed by atoms with Crippen LogP contribution in [0.15, 0.2) is 0 Å². The van der Waals surface area contributed by atoms with Gasteiger partial charge in [0.1, 0.15) is 12.2 Å². The number of hydrogen-bond acceptors (Lipinski definition) is 6. The molecule has 4 N–H and O–H groups in total. The number of carbonyl (C=O) groups is 1. The Hall–Kier alpha value is -0.730. The zero-order chi connectivity index (χ0) is 13.8. The molecule has 0 aliphatic carbocycles. The van der Waals surface area contributed by atoms with Gasteiger partial charge in [-0.15, -0.1) is 0 Å². The average molecular weight is 272 g/mol. The Balaban J connectivity index is 2.15. The van der Waals surface area contributed by atoms with Crippen molar-refractivity contribution in [3.63, 3.8) is 0 Å². The third-order valence-electron chi connectivity index (χ3n) is 3.88. The van der Waals surface area contributed by atoms with Crippen molar-refractivity contribution in [1.29, 1.82) is 0 Å². The number of likely N-dealkylation sites (tertiary alicyclic amines) is 1. The Bertz CT molecular complexity index is 309. The normalized spacial score (nSPS) is 30.3.